The summed E-state index contributed by atoms with van der Waals surface area (Å²) < 4.78 is 12.9. The molecule has 0 aliphatic carbocycles. The first kappa shape index (κ1) is 18.8. The van der Waals surface area contributed by atoms with Crippen LogP contribution >= 0.6 is 11.3 Å². The maximum Gasteiger partial charge on any atom is 0.295 e. The van der Waals surface area contributed by atoms with Gasteiger partial charge in [0.25, 0.3) is 11.1 Å². The zero-order chi connectivity index (χ0) is 20.4. The molecule has 0 saturated carbocycles. The molecule has 29 heavy (non-hydrogen) atoms. The van der Waals surface area contributed by atoms with Crippen LogP contribution in [-0.4, -0.2) is 21.7 Å². The molecule has 0 bridgehead atoms. The molecule has 2 aromatic heterocycles. The van der Waals surface area contributed by atoms with E-state index in [-0.39, 0.29) is 16.2 Å². The third-order valence-corrected chi connectivity index (χ3v) is 5.22. The van der Waals surface area contributed by atoms with E-state index in [1.54, 1.807) is 25.3 Å². The predicted molar refractivity (Wildman–Crippen MR) is 111 cm³/mol. The Kier molecular flexibility index (Phi) is 5.09. The van der Waals surface area contributed by atoms with Crippen LogP contribution in [0.15, 0.2) is 58.1 Å². The van der Waals surface area contributed by atoms with Crippen LogP contribution in [0.4, 0.5) is 0 Å². The normalized spacial score (nSPS) is 11.7. The number of methoxy groups -OCH3 is 1. The topological polar surface area (TPSA) is 82.8 Å². The van der Waals surface area contributed by atoms with Gasteiger partial charge in [-0.25, -0.2) is 0 Å². The Morgan fingerprint density at radius 2 is 1.90 bits per heavy atom. The number of ether oxygens (including phenoxy) is 2. The molecule has 4 rings (SSSR count). The summed E-state index contributed by atoms with van der Waals surface area (Å²) in [4.78, 5) is 28.4. The van der Waals surface area contributed by atoms with Gasteiger partial charge in [-0.3, -0.25) is 9.59 Å². The van der Waals surface area contributed by atoms with Crippen LogP contribution in [0.1, 0.15) is 16.8 Å². The lowest BCUT2D eigenvalue weighted by molar-refractivity contribution is 0.284. The van der Waals surface area contributed by atoms with Crippen molar-refractivity contribution in [3.05, 3.63) is 90.6 Å². The second kappa shape index (κ2) is 7.84. The minimum atomic E-state index is -0.431. The number of nitrogens with zero attached hydrogens (tertiary/aromatic N) is 3. The van der Waals surface area contributed by atoms with Gasteiger partial charge in [0.1, 0.15) is 12.3 Å². The summed E-state index contributed by atoms with van der Waals surface area (Å²) in [5, 5.41) is 4.01. The lowest BCUT2D eigenvalue weighted by atomic mass is 10.2. The average Bonchev–Trinajstić information content (AvgIpc) is 3.02. The summed E-state index contributed by atoms with van der Waals surface area (Å²) in [7, 11) is 1.56. The average molecular weight is 407 g/mol. The Hall–Kier alpha value is -3.52. The molecule has 0 N–H and O–H groups in total. The molecule has 146 valence electrons. The van der Waals surface area contributed by atoms with E-state index in [1.165, 1.54) is 6.92 Å². The van der Waals surface area contributed by atoms with Gasteiger partial charge in [-0.1, -0.05) is 47.7 Å². The second-order valence-electron chi connectivity index (χ2n) is 6.30. The van der Waals surface area contributed by atoms with Crippen LogP contribution in [0.3, 0.4) is 0 Å². The van der Waals surface area contributed by atoms with Crippen molar-refractivity contribution in [2.75, 3.05) is 7.11 Å². The monoisotopic (exact) mass is 407 g/mol. The molecular weight excluding hydrogens is 390 g/mol. The van der Waals surface area contributed by atoms with Crippen LogP contribution in [0.25, 0.3) is 11.0 Å². The van der Waals surface area contributed by atoms with Crippen molar-refractivity contribution in [3.63, 3.8) is 0 Å². The number of hydrogen-bond acceptors (Lipinski definition) is 7. The first-order chi connectivity index (χ1) is 14.0. The zero-order valence-corrected chi connectivity index (χ0v) is 16.6. The molecule has 2 aromatic carbocycles. The molecule has 0 saturated heterocycles. The summed E-state index contributed by atoms with van der Waals surface area (Å²) in [6.07, 6.45) is 1.71. The number of aromatic nitrogens is 3. The number of fused-ring (bicyclic) bond motifs is 1. The molecule has 0 spiro atoms. The van der Waals surface area contributed by atoms with E-state index in [1.807, 2.05) is 36.4 Å². The van der Waals surface area contributed by atoms with Gasteiger partial charge < -0.3 is 9.47 Å². The van der Waals surface area contributed by atoms with E-state index in [0.29, 0.717) is 22.6 Å². The number of hydrogen-bond donors (Lipinski definition) is 0. The fourth-order valence-electron chi connectivity index (χ4n) is 2.77. The molecule has 0 aliphatic rings. The molecule has 0 atom stereocenters. The van der Waals surface area contributed by atoms with Gasteiger partial charge in [0.2, 0.25) is 4.96 Å². The highest BCUT2D eigenvalue weighted by Crippen LogP contribution is 2.29. The van der Waals surface area contributed by atoms with Gasteiger partial charge in [0, 0.05) is 0 Å². The molecular formula is C21H17N3O4S. The van der Waals surface area contributed by atoms with Crippen LogP contribution < -0.4 is 25.1 Å². The van der Waals surface area contributed by atoms with E-state index in [4.69, 9.17) is 9.47 Å². The molecule has 0 radical (unpaired) electrons. The molecule has 2 heterocycles. The summed E-state index contributed by atoms with van der Waals surface area (Å²) in [6, 6.07) is 15.3. The number of thiazole rings is 1. The van der Waals surface area contributed by atoms with Gasteiger partial charge in [-0.2, -0.15) is 14.6 Å². The highest BCUT2D eigenvalue weighted by molar-refractivity contribution is 7.15. The van der Waals surface area contributed by atoms with Crippen molar-refractivity contribution in [1.82, 2.24) is 14.6 Å². The molecule has 0 aliphatic heterocycles. The fourth-order valence-corrected chi connectivity index (χ4v) is 3.67. The van der Waals surface area contributed by atoms with Gasteiger partial charge in [-0.05, 0) is 36.3 Å². The van der Waals surface area contributed by atoms with Gasteiger partial charge >= 0.3 is 0 Å². The number of aryl methyl sites for hydroxylation is 1. The van der Waals surface area contributed by atoms with Crippen LogP contribution in [-0.2, 0) is 6.61 Å². The van der Waals surface area contributed by atoms with Crippen molar-refractivity contribution in [2.45, 2.75) is 13.5 Å². The van der Waals surface area contributed by atoms with E-state index < -0.39 is 5.56 Å². The van der Waals surface area contributed by atoms with Crippen molar-refractivity contribution < 1.29 is 9.47 Å². The Labute approximate surface area is 169 Å². The lowest BCUT2D eigenvalue weighted by Crippen LogP contribution is -2.27. The largest absolute Gasteiger partial charge is 0.493 e. The zero-order valence-electron chi connectivity index (χ0n) is 15.8. The van der Waals surface area contributed by atoms with Crippen LogP contribution in [0, 0.1) is 6.92 Å². The first-order valence-electron chi connectivity index (χ1n) is 8.82. The third-order valence-electron chi connectivity index (χ3n) is 4.26. The van der Waals surface area contributed by atoms with Crippen molar-refractivity contribution in [1.29, 1.82) is 0 Å². The SMILES string of the molecule is COc1cc(/C=c2\sc3nc(=O)c(C)nn3c2=O)ccc1OCc1ccccc1. The minimum absolute atomic E-state index is 0.186. The summed E-state index contributed by atoms with van der Waals surface area (Å²) in [5.41, 5.74) is 1.25. The van der Waals surface area contributed by atoms with Crippen molar-refractivity contribution >= 4 is 22.4 Å². The Balaban J connectivity index is 1.67. The lowest BCUT2D eigenvalue weighted by Gasteiger charge is -2.11. The maximum atomic E-state index is 12.6. The molecule has 0 amide bonds. The predicted octanol–water partition coefficient (Wildman–Crippen LogP) is 1.95. The van der Waals surface area contributed by atoms with Crippen LogP contribution in [0.5, 0.6) is 11.5 Å². The van der Waals surface area contributed by atoms with Gasteiger partial charge in [-0.15, -0.1) is 0 Å². The van der Waals surface area contributed by atoms with Crippen molar-refractivity contribution in [3.8, 4) is 11.5 Å². The van der Waals surface area contributed by atoms with E-state index >= 15 is 0 Å². The maximum absolute atomic E-state index is 12.6. The van der Waals surface area contributed by atoms with Crippen LogP contribution in [0.2, 0.25) is 0 Å². The number of benzene rings is 2. The summed E-state index contributed by atoms with van der Waals surface area (Å²) in [5.74, 6) is 1.17. The Morgan fingerprint density at radius 1 is 1.10 bits per heavy atom. The fraction of sp³-hybridized carbons (Fsp3) is 0.143. The summed E-state index contributed by atoms with van der Waals surface area (Å²) in [6.45, 7) is 1.95. The minimum Gasteiger partial charge on any atom is -0.493 e. The molecule has 4 aromatic rings. The highest BCUT2D eigenvalue weighted by Gasteiger charge is 2.10. The highest BCUT2D eigenvalue weighted by atomic mass is 32.1. The van der Waals surface area contributed by atoms with Crippen molar-refractivity contribution in [2.24, 2.45) is 0 Å². The third kappa shape index (κ3) is 3.88. The Bertz CT molecular complexity index is 1350. The molecule has 0 unspecified atom stereocenters. The van der Waals surface area contributed by atoms with E-state index in [2.05, 4.69) is 10.1 Å². The van der Waals surface area contributed by atoms with E-state index in [9.17, 15) is 9.59 Å². The standard InChI is InChI=1S/C21H17N3O4S/c1-13-19(25)22-21-24(23-13)20(26)18(29-21)11-15-8-9-16(17(10-15)27-2)28-12-14-6-4-3-5-7-14/h3-11H,12H2,1-2H3/b18-11-. The van der Waals surface area contributed by atoms with E-state index in [0.717, 1.165) is 27.0 Å². The van der Waals surface area contributed by atoms with Gasteiger partial charge in [0.15, 0.2) is 11.5 Å². The molecule has 0 fully saturated rings. The Morgan fingerprint density at radius 3 is 2.66 bits per heavy atom. The quantitative estimate of drug-likeness (QED) is 0.503. The summed E-state index contributed by atoms with van der Waals surface area (Å²) >= 11 is 1.12. The second-order valence-corrected chi connectivity index (χ2v) is 7.31. The molecule has 7 nitrogen and oxygen atoms in total. The smallest absolute Gasteiger partial charge is 0.295 e. The number of rotatable bonds is 5. The first-order valence-corrected chi connectivity index (χ1v) is 9.64. The van der Waals surface area contributed by atoms with Gasteiger partial charge in [0.05, 0.1) is 11.6 Å². The molecule has 8 heteroatoms.